The van der Waals surface area contributed by atoms with E-state index in [4.69, 9.17) is 4.84 Å². The fourth-order valence-electron chi connectivity index (χ4n) is 1.02. The lowest BCUT2D eigenvalue weighted by Crippen LogP contribution is -2.26. The summed E-state index contributed by atoms with van der Waals surface area (Å²) in [6.07, 6.45) is -3.85. The first-order valence-electron chi connectivity index (χ1n) is 5.26. The standard InChI is InChI=1S/C11H13F3N2O2/c1-7(2)6-18-16-10(17)9-4-3-8(5-15-9)11(12,13)14/h3-5,7H,6H2,1-2H3,(H,16,17). The number of hydroxylamine groups is 1. The van der Waals surface area contributed by atoms with Crippen molar-refractivity contribution in [2.75, 3.05) is 6.61 Å². The van der Waals surface area contributed by atoms with Crippen molar-refractivity contribution >= 4 is 5.91 Å². The molecule has 0 aromatic carbocycles. The molecule has 1 N–H and O–H groups in total. The minimum Gasteiger partial charge on any atom is -0.273 e. The molecule has 0 unspecified atom stereocenters. The number of carbonyl (C=O) groups is 1. The molecule has 0 atom stereocenters. The van der Waals surface area contributed by atoms with Gasteiger partial charge in [0.25, 0.3) is 5.91 Å². The number of rotatable bonds is 4. The van der Waals surface area contributed by atoms with Crippen LogP contribution in [-0.4, -0.2) is 17.5 Å². The predicted molar refractivity (Wildman–Crippen MR) is 57.5 cm³/mol. The van der Waals surface area contributed by atoms with Crippen LogP contribution in [0.5, 0.6) is 0 Å². The van der Waals surface area contributed by atoms with Gasteiger partial charge in [-0.2, -0.15) is 13.2 Å². The van der Waals surface area contributed by atoms with Gasteiger partial charge in [0, 0.05) is 6.20 Å². The van der Waals surface area contributed by atoms with E-state index in [0.29, 0.717) is 12.8 Å². The molecule has 7 heteroatoms. The van der Waals surface area contributed by atoms with Crippen LogP contribution in [0, 0.1) is 5.92 Å². The number of nitrogens with zero attached hydrogens (tertiary/aromatic N) is 1. The molecule has 0 saturated carbocycles. The fourth-order valence-corrected chi connectivity index (χ4v) is 1.02. The maximum Gasteiger partial charge on any atom is 0.417 e. The Kier molecular flexibility index (Phi) is 4.66. The summed E-state index contributed by atoms with van der Waals surface area (Å²) >= 11 is 0. The Balaban J connectivity index is 2.60. The van der Waals surface area contributed by atoms with E-state index in [2.05, 4.69) is 10.5 Å². The predicted octanol–water partition coefficient (Wildman–Crippen LogP) is 2.42. The fraction of sp³-hybridized carbons (Fsp3) is 0.455. The van der Waals surface area contributed by atoms with Gasteiger partial charge in [0.05, 0.1) is 12.2 Å². The van der Waals surface area contributed by atoms with Gasteiger partial charge in [-0.25, -0.2) is 5.48 Å². The van der Waals surface area contributed by atoms with Gasteiger partial charge in [-0.3, -0.25) is 14.6 Å². The Bertz CT molecular complexity index is 402. The summed E-state index contributed by atoms with van der Waals surface area (Å²) in [7, 11) is 0. The second kappa shape index (κ2) is 5.81. The Hall–Kier alpha value is -1.63. The van der Waals surface area contributed by atoms with Crippen LogP contribution in [0.15, 0.2) is 18.3 Å². The lowest BCUT2D eigenvalue weighted by Gasteiger charge is -2.08. The third-order valence-corrected chi connectivity index (χ3v) is 1.90. The van der Waals surface area contributed by atoms with Crippen LogP contribution in [-0.2, 0) is 11.0 Å². The molecule has 1 aromatic heterocycles. The normalized spacial score (nSPS) is 11.7. The average molecular weight is 262 g/mol. The van der Waals surface area contributed by atoms with Crippen molar-refractivity contribution in [3.05, 3.63) is 29.6 Å². The number of carbonyl (C=O) groups excluding carboxylic acids is 1. The largest absolute Gasteiger partial charge is 0.417 e. The summed E-state index contributed by atoms with van der Waals surface area (Å²) < 4.78 is 36.7. The second-order valence-electron chi connectivity index (χ2n) is 4.07. The zero-order valence-corrected chi connectivity index (χ0v) is 9.91. The van der Waals surface area contributed by atoms with Crippen LogP contribution < -0.4 is 5.48 Å². The number of alkyl halides is 3. The quantitative estimate of drug-likeness (QED) is 0.848. The number of amides is 1. The van der Waals surface area contributed by atoms with Gasteiger partial charge in [0.1, 0.15) is 5.69 Å². The van der Waals surface area contributed by atoms with E-state index in [-0.39, 0.29) is 11.6 Å². The highest BCUT2D eigenvalue weighted by Gasteiger charge is 2.30. The highest BCUT2D eigenvalue weighted by Crippen LogP contribution is 2.28. The van der Waals surface area contributed by atoms with Crippen molar-refractivity contribution in [2.24, 2.45) is 5.92 Å². The third-order valence-electron chi connectivity index (χ3n) is 1.90. The molecular formula is C11H13F3N2O2. The lowest BCUT2D eigenvalue weighted by atomic mass is 10.2. The number of hydrogen-bond donors (Lipinski definition) is 1. The van der Waals surface area contributed by atoms with Crippen LogP contribution in [0.4, 0.5) is 13.2 Å². The van der Waals surface area contributed by atoms with Gasteiger partial charge >= 0.3 is 6.18 Å². The summed E-state index contributed by atoms with van der Waals surface area (Å²) in [5.41, 5.74) is 1.07. The maximum atomic E-state index is 12.2. The summed E-state index contributed by atoms with van der Waals surface area (Å²) in [6, 6.07) is 1.79. The maximum absolute atomic E-state index is 12.2. The number of aromatic nitrogens is 1. The first-order valence-corrected chi connectivity index (χ1v) is 5.26. The van der Waals surface area contributed by atoms with Gasteiger partial charge in [-0.15, -0.1) is 0 Å². The van der Waals surface area contributed by atoms with Gasteiger partial charge in [0.15, 0.2) is 0 Å². The first-order chi connectivity index (χ1) is 8.30. The molecule has 0 aliphatic heterocycles. The third kappa shape index (κ3) is 4.33. The van der Waals surface area contributed by atoms with Crippen molar-refractivity contribution in [1.29, 1.82) is 0 Å². The molecule has 1 rings (SSSR count). The summed E-state index contributed by atoms with van der Waals surface area (Å²) in [5.74, 6) is -0.449. The van der Waals surface area contributed by atoms with Crippen LogP contribution in [0.2, 0.25) is 0 Å². The van der Waals surface area contributed by atoms with Crippen LogP contribution in [0.25, 0.3) is 0 Å². The molecule has 4 nitrogen and oxygen atoms in total. The average Bonchev–Trinajstić information content (AvgIpc) is 2.27. The van der Waals surface area contributed by atoms with Crippen LogP contribution in [0.1, 0.15) is 29.9 Å². The van der Waals surface area contributed by atoms with E-state index < -0.39 is 17.6 Å². The van der Waals surface area contributed by atoms with Crippen molar-refractivity contribution in [1.82, 2.24) is 10.5 Å². The molecule has 18 heavy (non-hydrogen) atoms. The summed E-state index contributed by atoms with van der Waals surface area (Å²) in [5, 5.41) is 0. The Morgan fingerprint density at radius 3 is 2.56 bits per heavy atom. The van der Waals surface area contributed by atoms with E-state index in [1.165, 1.54) is 0 Å². The first kappa shape index (κ1) is 14.4. The molecule has 0 radical (unpaired) electrons. The Morgan fingerprint density at radius 2 is 2.11 bits per heavy atom. The number of pyridine rings is 1. The van der Waals surface area contributed by atoms with Gasteiger partial charge in [-0.05, 0) is 18.1 Å². The van der Waals surface area contributed by atoms with E-state index in [1.54, 1.807) is 0 Å². The molecule has 0 fully saturated rings. The molecule has 100 valence electrons. The van der Waals surface area contributed by atoms with E-state index in [0.717, 1.165) is 12.1 Å². The molecule has 0 saturated heterocycles. The van der Waals surface area contributed by atoms with Gasteiger partial charge < -0.3 is 0 Å². The topological polar surface area (TPSA) is 51.2 Å². The van der Waals surface area contributed by atoms with Gasteiger partial charge in [-0.1, -0.05) is 13.8 Å². The number of hydrogen-bond acceptors (Lipinski definition) is 3. The van der Waals surface area contributed by atoms with Crippen molar-refractivity contribution < 1.29 is 22.8 Å². The zero-order valence-electron chi connectivity index (χ0n) is 9.91. The molecule has 0 aliphatic carbocycles. The molecule has 1 aromatic rings. The second-order valence-corrected chi connectivity index (χ2v) is 4.07. The van der Waals surface area contributed by atoms with Crippen molar-refractivity contribution in [2.45, 2.75) is 20.0 Å². The van der Waals surface area contributed by atoms with Crippen LogP contribution >= 0.6 is 0 Å². The monoisotopic (exact) mass is 262 g/mol. The van der Waals surface area contributed by atoms with E-state index >= 15 is 0 Å². The summed E-state index contributed by atoms with van der Waals surface area (Å²) in [6.45, 7) is 4.09. The van der Waals surface area contributed by atoms with Crippen LogP contribution in [0.3, 0.4) is 0 Å². The van der Waals surface area contributed by atoms with Crippen molar-refractivity contribution in [3.63, 3.8) is 0 Å². The van der Waals surface area contributed by atoms with Gasteiger partial charge in [0.2, 0.25) is 0 Å². The SMILES string of the molecule is CC(C)CONC(=O)c1ccc(C(F)(F)F)cn1. The highest BCUT2D eigenvalue weighted by molar-refractivity contribution is 5.91. The molecule has 0 aliphatic rings. The Labute approximate surface area is 102 Å². The lowest BCUT2D eigenvalue weighted by molar-refractivity contribution is -0.137. The zero-order chi connectivity index (χ0) is 13.8. The molecule has 1 heterocycles. The highest BCUT2D eigenvalue weighted by atomic mass is 19.4. The number of halogens is 3. The van der Waals surface area contributed by atoms with E-state index in [1.807, 2.05) is 13.8 Å². The summed E-state index contributed by atoms with van der Waals surface area (Å²) in [4.78, 5) is 19.7. The van der Waals surface area contributed by atoms with E-state index in [9.17, 15) is 18.0 Å². The smallest absolute Gasteiger partial charge is 0.273 e. The molecule has 0 bridgehead atoms. The number of nitrogens with one attached hydrogen (secondary N) is 1. The minimum absolute atomic E-state index is 0.133. The molecule has 0 spiro atoms. The molecule has 1 amide bonds. The van der Waals surface area contributed by atoms with Crippen molar-refractivity contribution in [3.8, 4) is 0 Å². The minimum atomic E-state index is -4.46. The Morgan fingerprint density at radius 1 is 1.44 bits per heavy atom. The molecular weight excluding hydrogens is 249 g/mol.